The molecule has 0 spiro atoms. The molecule has 0 unspecified atom stereocenters. The molecule has 0 aliphatic carbocycles. The number of pyridine rings is 1. The number of carboxylic acid groups (broad SMARTS) is 1. The fourth-order valence-electron chi connectivity index (χ4n) is 4.19. The summed E-state index contributed by atoms with van der Waals surface area (Å²) >= 11 is 9.29. The van der Waals surface area contributed by atoms with Crippen molar-refractivity contribution in [3.63, 3.8) is 0 Å². The molecule has 4 aromatic rings. The first-order valence-electron chi connectivity index (χ1n) is 10.3. The highest BCUT2D eigenvalue weighted by Crippen LogP contribution is 2.42. The lowest BCUT2D eigenvalue weighted by molar-refractivity contribution is 0.0697. The lowest BCUT2D eigenvalue weighted by Gasteiger charge is -2.29. The second kappa shape index (κ2) is 8.80. The highest BCUT2D eigenvalue weighted by Gasteiger charge is 2.42. The van der Waals surface area contributed by atoms with Crippen molar-refractivity contribution in [3.8, 4) is 5.69 Å². The van der Waals surface area contributed by atoms with Gasteiger partial charge in [-0.1, -0.05) is 28.1 Å². The molecule has 2 aromatic heterocycles. The number of aromatic nitrogens is 2. The molecule has 3 heterocycles. The molecule has 1 aliphatic heterocycles. The van der Waals surface area contributed by atoms with E-state index in [0.29, 0.717) is 5.11 Å². The highest BCUT2D eigenvalue weighted by atomic mass is 79.9. The number of rotatable bonds is 5. The van der Waals surface area contributed by atoms with Crippen molar-refractivity contribution in [2.45, 2.75) is 12.1 Å². The maximum absolute atomic E-state index is 11.6. The molecule has 0 amide bonds. The molecule has 2 N–H and O–H groups in total. The van der Waals surface area contributed by atoms with E-state index in [-0.39, 0.29) is 17.6 Å². The number of hydrogen-bond acceptors (Lipinski definition) is 3. The minimum atomic E-state index is -0.961. The number of hydrogen-bond donors (Lipinski definition) is 2. The first kappa shape index (κ1) is 21.4. The molecule has 2 aromatic carbocycles. The number of halogens is 1. The molecular weight excluding hydrogens is 500 g/mol. The molecule has 33 heavy (non-hydrogen) atoms. The van der Waals surface area contributed by atoms with E-state index in [0.717, 1.165) is 27.2 Å². The summed E-state index contributed by atoms with van der Waals surface area (Å²) in [5.74, 6) is -0.961. The van der Waals surface area contributed by atoms with Gasteiger partial charge in [-0.3, -0.25) is 4.98 Å². The average Bonchev–Trinajstić information content (AvgIpc) is 3.44. The van der Waals surface area contributed by atoms with Gasteiger partial charge in [0, 0.05) is 33.9 Å². The normalized spacial score (nSPS) is 17.7. The van der Waals surface area contributed by atoms with Crippen molar-refractivity contribution in [1.82, 2.24) is 14.9 Å². The van der Waals surface area contributed by atoms with Crippen molar-refractivity contribution >= 4 is 44.9 Å². The molecule has 2 atom stereocenters. The van der Waals surface area contributed by atoms with E-state index in [4.69, 9.17) is 12.2 Å². The number of nitrogens with one attached hydrogen (secondary N) is 1. The Labute approximate surface area is 204 Å². The number of anilines is 1. The molecule has 8 heteroatoms. The topological polar surface area (TPSA) is 70.4 Å². The van der Waals surface area contributed by atoms with Crippen molar-refractivity contribution < 1.29 is 9.90 Å². The first-order chi connectivity index (χ1) is 16.0. The lowest BCUT2D eigenvalue weighted by Crippen LogP contribution is -2.30. The van der Waals surface area contributed by atoms with Crippen molar-refractivity contribution in [3.05, 3.63) is 113 Å². The largest absolute Gasteiger partial charge is 0.478 e. The van der Waals surface area contributed by atoms with Gasteiger partial charge in [-0.15, -0.1) is 0 Å². The number of carbonyl (C=O) groups is 1. The number of benzene rings is 2. The molecule has 0 radical (unpaired) electrons. The Morgan fingerprint density at radius 1 is 1.00 bits per heavy atom. The number of carboxylic acids is 1. The summed E-state index contributed by atoms with van der Waals surface area (Å²) in [6.07, 6.45) is 3.71. The molecule has 6 nitrogen and oxygen atoms in total. The van der Waals surface area contributed by atoms with Crippen LogP contribution >= 0.6 is 28.1 Å². The molecule has 5 rings (SSSR count). The van der Waals surface area contributed by atoms with Crippen molar-refractivity contribution in [2.24, 2.45) is 0 Å². The molecule has 1 saturated heterocycles. The summed E-state index contributed by atoms with van der Waals surface area (Å²) in [6.45, 7) is 0. The Bertz CT molecular complexity index is 1320. The zero-order valence-electron chi connectivity index (χ0n) is 17.3. The van der Waals surface area contributed by atoms with Gasteiger partial charge in [0.2, 0.25) is 0 Å². The van der Waals surface area contributed by atoms with Crippen LogP contribution in [0.25, 0.3) is 5.69 Å². The molecule has 164 valence electrons. The molecule has 0 bridgehead atoms. The minimum Gasteiger partial charge on any atom is -0.478 e. The van der Waals surface area contributed by atoms with Crippen LogP contribution in [-0.4, -0.2) is 25.7 Å². The van der Waals surface area contributed by atoms with Crippen LogP contribution in [0.2, 0.25) is 0 Å². The highest BCUT2D eigenvalue weighted by molar-refractivity contribution is 9.10. The van der Waals surface area contributed by atoms with Crippen LogP contribution in [0.1, 0.15) is 33.8 Å². The second-order valence-corrected chi connectivity index (χ2v) is 8.93. The van der Waals surface area contributed by atoms with Gasteiger partial charge in [-0.25, -0.2) is 4.79 Å². The quantitative estimate of drug-likeness (QED) is 0.339. The molecule has 1 aliphatic rings. The van der Waals surface area contributed by atoms with Crippen molar-refractivity contribution in [1.29, 1.82) is 0 Å². The van der Waals surface area contributed by atoms with Gasteiger partial charge in [0.15, 0.2) is 5.11 Å². The Morgan fingerprint density at radius 2 is 1.82 bits per heavy atom. The molecule has 1 fully saturated rings. The van der Waals surface area contributed by atoms with E-state index in [1.54, 1.807) is 24.4 Å². The Kier molecular flexibility index (Phi) is 5.70. The smallest absolute Gasteiger partial charge is 0.335 e. The van der Waals surface area contributed by atoms with Gasteiger partial charge in [0.05, 0.1) is 17.3 Å². The van der Waals surface area contributed by atoms with Gasteiger partial charge in [-0.2, -0.15) is 0 Å². The van der Waals surface area contributed by atoms with Crippen molar-refractivity contribution in [2.75, 3.05) is 4.90 Å². The van der Waals surface area contributed by atoms with Crippen LogP contribution in [0.3, 0.4) is 0 Å². The van der Waals surface area contributed by atoms with Crippen LogP contribution in [0.5, 0.6) is 0 Å². The maximum Gasteiger partial charge on any atom is 0.335 e. The van der Waals surface area contributed by atoms with E-state index in [9.17, 15) is 9.90 Å². The summed E-state index contributed by atoms with van der Waals surface area (Å²) in [6, 6.07) is 24.3. The first-order valence-corrected chi connectivity index (χ1v) is 11.5. The van der Waals surface area contributed by atoms with Gasteiger partial charge in [-0.05, 0) is 78.9 Å². The maximum atomic E-state index is 11.6. The standard InChI is InChI=1S/C25H19BrN4O2S/c26-17-9-11-18(12-10-17)30-23(22(28-25(30)33)20-7-1-2-13-27-20)21-8-4-14-29(21)19-6-3-5-16(15-19)24(31)32/h1-15,22-23H,(H,28,33)(H,31,32)/t22-,23-/m0/s1. The third-order valence-electron chi connectivity index (χ3n) is 5.66. The van der Waals surface area contributed by atoms with Gasteiger partial charge >= 0.3 is 5.97 Å². The second-order valence-electron chi connectivity index (χ2n) is 7.63. The van der Waals surface area contributed by atoms with Crippen LogP contribution in [0.4, 0.5) is 5.69 Å². The number of nitrogens with zero attached hydrogens (tertiary/aromatic N) is 3. The fraction of sp³-hybridized carbons (Fsp3) is 0.0800. The van der Waals surface area contributed by atoms with Gasteiger partial charge in [0.25, 0.3) is 0 Å². The Morgan fingerprint density at radius 3 is 2.55 bits per heavy atom. The zero-order chi connectivity index (χ0) is 22.9. The lowest BCUT2D eigenvalue weighted by atomic mass is 10.0. The van der Waals surface area contributed by atoms with E-state index < -0.39 is 5.97 Å². The average molecular weight is 519 g/mol. The van der Waals surface area contributed by atoms with E-state index >= 15 is 0 Å². The molecular formula is C25H19BrN4O2S. The van der Waals surface area contributed by atoms with Crippen LogP contribution in [-0.2, 0) is 0 Å². The zero-order valence-corrected chi connectivity index (χ0v) is 19.7. The third kappa shape index (κ3) is 4.03. The minimum absolute atomic E-state index is 0.196. The summed E-state index contributed by atoms with van der Waals surface area (Å²) in [5.41, 5.74) is 3.78. The van der Waals surface area contributed by atoms with Gasteiger partial charge in [0.1, 0.15) is 6.04 Å². The molecule has 0 saturated carbocycles. The predicted octanol–water partition coefficient (Wildman–Crippen LogP) is 5.51. The summed E-state index contributed by atoms with van der Waals surface area (Å²) < 4.78 is 2.99. The summed E-state index contributed by atoms with van der Waals surface area (Å²) in [4.78, 5) is 18.2. The Hall–Kier alpha value is -3.49. The number of thiocarbonyl (C=S) groups is 1. The van der Waals surface area contributed by atoms with E-state index in [1.807, 2.05) is 71.4 Å². The van der Waals surface area contributed by atoms with Crippen LogP contribution < -0.4 is 10.2 Å². The fourth-order valence-corrected chi connectivity index (χ4v) is 4.80. The SMILES string of the molecule is O=C(O)c1cccc(-n2cccc2[C@H]2[C@H](c3ccccn3)NC(=S)N2c2ccc(Br)cc2)c1. The predicted molar refractivity (Wildman–Crippen MR) is 135 cm³/mol. The Balaban J connectivity index is 1.66. The van der Waals surface area contributed by atoms with E-state index in [1.165, 1.54) is 0 Å². The monoisotopic (exact) mass is 518 g/mol. The van der Waals surface area contributed by atoms with Crippen LogP contribution in [0.15, 0.2) is 95.7 Å². The van der Waals surface area contributed by atoms with Gasteiger partial charge < -0.3 is 19.9 Å². The van der Waals surface area contributed by atoms with Crippen LogP contribution in [0, 0.1) is 0 Å². The summed E-state index contributed by atoms with van der Waals surface area (Å²) in [5, 5.41) is 13.5. The van der Waals surface area contributed by atoms with E-state index in [2.05, 4.69) is 31.1 Å². The third-order valence-corrected chi connectivity index (χ3v) is 6.50. The summed E-state index contributed by atoms with van der Waals surface area (Å²) in [7, 11) is 0. The number of aromatic carboxylic acids is 1.